The normalized spacial score (nSPS) is 12.6. The monoisotopic (exact) mass is 409 g/mol. The van der Waals surface area contributed by atoms with E-state index in [1.165, 1.54) is 25.7 Å². The number of aromatic nitrogens is 2. The summed E-state index contributed by atoms with van der Waals surface area (Å²) in [5.41, 5.74) is 4.13. The third kappa shape index (κ3) is 6.07. The van der Waals surface area contributed by atoms with Crippen LogP contribution >= 0.6 is 0 Å². The van der Waals surface area contributed by atoms with Gasteiger partial charge < -0.3 is 19.1 Å². The lowest BCUT2D eigenvalue weighted by Gasteiger charge is -2.25. The van der Waals surface area contributed by atoms with Crippen LogP contribution in [-0.4, -0.2) is 51.7 Å². The number of unbranched alkanes of at least 4 members (excludes halogenated alkanes) is 2. The fraction of sp³-hybridized carbons (Fsp3) is 0.480. The van der Waals surface area contributed by atoms with Gasteiger partial charge in [-0.25, -0.2) is 4.98 Å². The van der Waals surface area contributed by atoms with Crippen molar-refractivity contribution in [2.75, 3.05) is 26.2 Å². The molecule has 1 N–H and O–H groups in total. The van der Waals surface area contributed by atoms with Crippen LogP contribution in [0, 0.1) is 6.92 Å². The lowest BCUT2D eigenvalue weighted by atomic mass is 10.1. The number of rotatable bonds is 12. The zero-order valence-electron chi connectivity index (χ0n) is 18.6. The summed E-state index contributed by atoms with van der Waals surface area (Å²) in [6, 6.07) is 12.0. The summed E-state index contributed by atoms with van der Waals surface area (Å²) in [6.07, 6.45) is 8.26. The van der Waals surface area contributed by atoms with Crippen LogP contribution in [-0.2, 0) is 0 Å². The van der Waals surface area contributed by atoms with E-state index in [1.807, 2.05) is 47.1 Å². The first kappa shape index (κ1) is 22.3. The first-order chi connectivity index (χ1) is 14.6. The van der Waals surface area contributed by atoms with Crippen LogP contribution in [0.25, 0.3) is 16.9 Å². The zero-order chi connectivity index (χ0) is 21.3. The van der Waals surface area contributed by atoms with Gasteiger partial charge in [0, 0.05) is 24.5 Å². The maximum absolute atomic E-state index is 10.4. The topological polar surface area (TPSA) is 50.0 Å². The molecule has 0 radical (unpaired) electrons. The Balaban J connectivity index is 1.55. The second-order valence-corrected chi connectivity index (χ2v) is 8.05. The number of ether oxygens (including phenoxy) is 1. The van der Waals surface area contributed by atoms with E-state index in [-0.39, 0.29) is 0 Å². The minimum Gasteiger partial charge on any atom is -0.491 e. The largest absolute Gasteiger partial charge is 0.491 e. The first-order valence-corrected chi connectivity index (χ1v) is 11.2. The Bertz CT molecular complexity index is 896. The molecule has 0 aliphatic heterocycles. The SMILES string of the molecule is CCCCN(CCCC)CC(O)COc1ccc(-c2cn3cccc(C)c3n2)cc1. The molecule has 3 aromatic rings. The molecule has 5 heteroatoms. The average molecular weight is 410 g/mol. The van der Waals surface area contributed by atoms with Gasteiger partial charge in [0.2, 0.25) is 0 Å². The highest BCUT2D eigenvalue weighted by Gasteiger charge is 2.12. The van der Waals surface area contributed by atoms with Gasteiger partial charge in [-0.1, -0.05) is 32.8 Å². The lowest BCUT2D eigenvalue weighted by Crippen LogP contribution is -2.36. The van der Waals surface area contributed by atoms with E-state index >= 15 is 0 Å². The number of imidazole rings is 1. The second-order valence-electron chi connectivity index (χ2n) is 8.05. The summed E-state index contributed by atoms with van der Waals surface area (Å²) in [5.74, 6) is 0.770. The van der Waals surface area contributed by atoms with Crippen molar-refractivity contribution in [3.63, 3.8) is 0 Å². The first-order valence-electron chi connectivity index (χ1n) is 11.2. The molecular weight excluding hydrogens is 374 g/mol. The van der Waals surface area contributed by atoms with Crippen molar-refractivity contribution in [3.05, 3.63) is 54.4 Å². The van der Waals surface area contributed by atoms with E-state index in [2.05, 4.69) is 31.7 Å². The molecule has 1 atom stereocenters. The predicted octanol–water partition coefficient (Wildman–Crippen LogP) is 4.95. The van der Waals surface area contributed by atoms with Crippen LogP contribution < -0.4 is 4.74 Å². The minimum absolute atomic E-state index is 0.307. The van der Waals surface area contributed by atoms with E-state index in [1.54, 1.807) is 0 Å². The molecule has 5 nitrogen and oxygen atoms in total. The van der Waals surface area contributed by atoms with Crippen molar-refractivity contribution >= 4 is 5.65 Å². The summed E-state index contributed by atoms with van der Waals surface area (Å²) < 4.78 is 7.89. The zero-order valence-corrected chi connectivity index (χ0v) is 18.6. The fourth-order valence-electron chi connectivity index (χ4n) is 3.62. The van der Waals surface area contributed by atoms with E-state index in [0.29, 0.717) is 13.2 Å². The molecule has 30 heavy (non-hydrogen) atoms. The molecule has 3 rings (SSSR count). The summed E-state index contributed by atoms with van der Waals surface area (Å²) in [5, 5.41) is 10.4. The molecule has 0 bridgehead atoms. The van der Waals surface area contributed by atoms with Gasteiger partial charge in [-0.15, -0.1) is 0 Å². The molecule has 0 aliphatic carbocycles. The van der Waals surface area contributed by atoms with Gasteiger partial charge in [-0.05, 0) is 68.8 Å². The standard InChI is InChI=1S/C25H35N3O2/c1-4-6-14-27(15-7-5-2)17-22(29)19-30-23-12-10-21(11-13-23)24-18-28-16-8-9-20(3)25(28)26-24/h8-13,16,18,22,29H,4-7,14-15,17,19H2,1-3H3. The van der Waals surface area contributed by atoms with Crippen LogP contribution in [0.4, 0.5) is 0 Å². The van der Waals surface area contributed by atoms with E-state index < -0.39 is 6.10 Å². The average Bonchev–Trinajstić information content (AvgIpc) is 3.20. The van der Waals surface area contributed by atoms with Crippen molar-refractivity contribution in [1.29, 1.82) is 0 Å². The van der Waals surface area contributed by atoms with Crippen molar-refractivity contribution in [3.8, 4) is 17.0 Å². The van der Waals surface area contributed by atoms with Gasteiger partial charge in [0.25, 0.3) is 0 Å². The van der Waals surface area contributed by atoms with Gasteiger partial charge in [0.15, 0.2) is 0 Å². The Morgan fingerprint density at radius 3 is 2.40 bits per heavy atom. The molecule has 2 aromatic heterocycles. The van der Waals surface area contributed by atoms with Crippen molar-refractivity contribution in [1.82, 2.24) is 14.3 Å². The Hall–Kier alpha value is -2.37. The Morgan fingerprint density at radius 2 is 1.77 bits per heavy atom. The molecular formula is C25H35N3O2. The molecule has 0 amide bonds. The van der Waals surface area contributed by atoms with E-state index in [0.717, 1.165) is 41.3 Å². The maximum atomic E-state index is 10.4. The summed E-state index contributed by atoms with van der Waals surface area (Å²) in [6.45, 7) is 9.53. The van der Waals surface area contributed by atoms with Crippen molar-refractivity contribution < 1.29 is 9.84 Å². The van der Waals surface area contributed by atoms with Crippen LogP contribution in [0.5, 0.6) is 5.75 Å². The second kappa shape index (κ2) is 11.1. The lowest BCUT2D eigenvalue weighted by molar-refractivity contribution is 0.0672. The van der Waals surface area contributed by atoms with Gasteiger partial charge >= 0.3 is 0 Å². The number of fused-ring (bicyclic) bond motifs is 1. The number of aliphatic hydroxyl groups excluding tert-OH is 1. The highest BCUT2D eigenvalue weighted by molar-refractivity contribution is 5.64. The molecule has 0 aliphatic rings. The van der Waals surface area contributed by atoms with Gasteiger partial charge in [-0.3, -0.25) is 0 Å². The highest BCUT2D eigenvalue weighted by Crippen LogP contribution is 2.23. The Kier molecular flexibility index (Phi) is 8.29. The Morgan fingerprint density at radius 1 is 1.07 bits per heavy atom. The quantitative estimate of drug-likeness (QED) is 0.460. The van der Waals surface area contributed by atoms with Gasteiger partial charge in [-0.2, -0.15) is 0 Å². The number of aryl methyl sites for hydroxylation is 1. The molecule has 0 saturated heterocycles. The summed E-state index contributed by atoms with van der Waals surface area (Å²) in [4.78, 5) is 7.10. The Labute approximate surface area is 180 Å². The number of aliphatic hydroxyl groups is 1. The molecule has 0 spiro atoms. The van der Waals surface area contributed by atoms with Crippen molar-refractivity contribution in [2.24, 2.45) is 0 Å². The maximum Gasteiger partial charge on any atom is 0.140 e. The molecule has 1 aromatic carbocycles. The fourth-order valence-corrected chi connectivity index (χ4v) is 3.62. The number of pyridine rings is 1. The molecule has 1 unspecified atom stereocenters. The van der Waals surface area contributed by atoms with Gasteiger partial charge in [0.1, 0.15) is 24.1 Å². The number of nitrogens with zero attached hydrogens (tertiary/aromatic N) is 3. The van der Waals surface area contributed by atoms with E-state index in [9.17, 15) is 5.11 Å². The predicted molar refractivity (Wildman–Crippen MR) is 123 cm³/mol. The number of hydrogen-bond donors (Lipinski definition) is 1. The van der Waals surface area contributed by atoms with Crippen LogP contribution in [0.3, 0.4) is 0 Å². The molecule has 2 heterocycles. The third-order valence-electron chi connectivity index (χ3n) is 5.40. The van der Waals surface area contributed by atoms with Crippen LogP contribution in [0.1, 0.15) is 45.1 Å². The molecule has 162 valence electrons. The summed E-state index contributed by atoms with van der Waals surface area (Å²) in [7, 11) is 0. The van der Waals surface area contributed by atoms with Crippen LogP contribution in [0.2, 0.25) is 0 Å². The van der Waals surface area contributed by atoms with E-state index in [4.69, 9.17) is 9.72 Å². The molecule has 0 saturated carbocycles. The van der Waals surface area contributed by atoms with Crippen LogP contribution in [0.15, 0.2) is 48.8 Å². The smallest absolute Gasteiger partial charge is 0.140 e. The number of benzene rings is 1. The van der Waals surface area contributed by atoms with Crippen molar-refractivity contribution in [2.45, 2.75) is 52.6 Å². The third-order valence-corrected chi connectivity index (χ3v) is 5.40. The highest BCUT2D eigenvalue weighted by atomic mass is 16.5. The minimum atomic E-state index is -0.486. The summed E-state index contributed by atoms with van der Waals surface area (Å²) >= 11 is 0. The molecule has 0 fully saturated rings. The number of hydrogen-bond acceptors (Lipinski definition) is 4. The van der Waals surface area contributed by atoms with Gasteiger partial charge in [0.05, 0.1) is 5.69 Å².